The van der Waals surface area contributed by atoms with Gasteiger partial charge >= 0.3 is 0 Å². The molecule has 2 aliphatic rings. The van der Waals surface area contributed by atoms with Crippen molar-refractivity contribution in [3.63, 3.8) is 0 Å². The minimum absolute atomic E-state index is 0.326. The van der Waals surface area contributed by atoms with Crippen molar-refractivity contribution in [1.82, 2.24) is 14.7 Å². The fourth-order valence-corrected chi connectivity index (χ4v) is 3.50. The molecule has 0 radical (unpaired) electrons. The molecule has 2 saturated heterocycles. The Morgan fingerprint density at radius 1 is 1.05 bits per heavy atom. The van der Waals surface area contributed by atoms with Crippen LogP contribution in [0.15, 0.2) is 0 Å². The third kappa shape index (κ3) is 4.94. The summed E-state index contributed by atoms with van der Waals surface area (Å²) in [5.74, 6) is 0.326. The fraction of sp³-hybridized carbons (Fsp3) is 0.938. The SMILES string of the molecule is CCCC(CN)N1CCN(CC(=O)N2CCCCC2)CC1. The minimum Gasteiger partial charge on any atom is -0.342 e. The van der Waals surface area contributed by atoms with Crippen molar-refractivity contribution >= 4 is 5.91 Å². The highest BCUT2D eigenvalue weighted by Gasteiger charge is 2.25. The number of piperidine rings is 1. The van der Waals surface area contributed by atoms with Gasteiger partial charge in [-0.2, -0.15) is 0 Å². The molecule has 1 atom stereocenters. The van der Waals surface area contributed by atoms with Crippen molar-refractivity contribution in [3.8, 4) is 0 Å². The van der Waals surface area contributed by atoms with E-state index in [0.29, 0.717) is 18.5 Å². The normalized spacial score (nSPS) is 23.2. The van der Waals surface area contributed by atoms with E-state index in [1.54, 1.807) is 0 Å². The third-order valence-corrected chi connectivity index (χ3v) is 4.88. The largest absolute Gasteiger partial charge is 0.342 e. The van der Waals surface area contributed by atoms with Gasteiger partial charge in [-0.1, -0.05) is 13.3 Å². The second-order valence-electron chi connectivity index (χ2n) is 6.43. The van der Waals surface area contributed by atoms with E-state index in [4.69, 9.17) is 5.73 Å². The van der Waals surface area contributed by atoms with Crippen molar-refractivity contribution < 1.29 is 4.79 Å². The molecule has 1 unspecified atom stereocenters. The third-order valence-electron chi connectivity index (χ3n) is 4.88. The Kier molecular flexibility index (Phi) is 6.93. The molecule has 0 spiro atoms. The summed E-state index contributed by atoms with van der Waals surface area (Å²) in [5, 5.41) is 0. The van der Waals surface area contributed by atoms with Gasteiger partial charge in [0.15, 0.2) is 0 Å². The second kappa shape index (κ2) is 8.71. The van der Waals surface area contributed by atoms with Crippen molar-refractivity contribution in [2.75, 3.05) is 52.4 Å². The van der Waals surface area contributed by atoms with Crippen molar-refractivity contribution in [2.24, 2.45) is 5.73 Å². The molecule has 21 heavy (non-hydrogen) atoms. The summed E-state index contributed by atoms with van der Waals surface area (Å²) in [6, 6.07) is 0.523. The van der Waals surface area contributed by atoms with E-state index in [1.807, 2.05) is 0 Å². The molecule has 5 heteroatoms. The van der Waals surface area contributed by atoms with Gasteiger partial charge in [0.2, 0.25) is 5.91 Å². The number of hydrogen-bond acceptors (Lipinski definition) is 4. The van der Waals surface area contributed by atoms with Gasteiger partial charge in [-0.25, -0.2) is 0 Å². The summed E-state index contributed by atoms with van der Waals surface area (Å²) in [5.41, 5.74) is 5.89. The summed E-state index contributed by atoms with van der Waals surface area (Å²) >= 11 is 0. The standard InChI is InChI=1S/C16H32N4O/c1-2-6-15(13-17)19-11-9-18(10-12-19)14-16(21)20-7-4-3-5-8-20/h15H,2-14,17H2,1H3. The van der Waals surface area contributed by atoms with E-state index in [-0.39, 0.29) is 0 Å². The average Bonchev–Trinajstić information content (AvgIpc) is 2.54. The predicted octanol–water partition coefficient (Wildman–Crippen LogP) is 0.744. The zero-order valence-corrected chi connectivity index (χ0v) is 13.6. The Hall–Kier alpha value is -0.650. The quantitative estimate of drug-likeness (QED) is 0.786. The van der Waals surface area contributed by atoms with E-state index in [1.165, 1.54) is 32.1 Å². The van der Waals surface area contributed by atoms with Gasteiger partial charge in [-0.15, -0.1) is 0 Å². The molecular weight excluding hydrogens is 264 g/mol. The molecule has 2 heterocycles. The molecule has 5 nitrogen and oxygen atoms in total. The van der Waals surface area contributed by atoms with E-state index in [0.717, 1.165) is 45.8 Å². The van der Waals surface area contributed by atoms with Crippen LogP contribution in [0.25, 0.3) is 0 Å². The summed E-state index contributed by atoms with van der Waals surface area (Å²) in [4.78, 5) is 19.2. The number of hydrogen-bond donors (Lipinski definition) is 1. The van der Waals surface area contributed by atoms with E-state index in [9.17, 15) is 4.79 Å². The van der Waals surface area contributed by atoms with Crippen LogP contribution in [-0.2, 0) is 4.79 Å². The summed E-state index contributed by atoms with van der Waals surface area (Å²) in [6.45, 7) is 9.60. The van der Waals surface area contributed by atoms with Crippen LogP contribution in [0.5, 0.6) is 0 Å². The molecule has 2 rings (SSSR count). The number of carbonyl (C=O) groups excluding carboxylic acids is 1. The number of piperazine rings is 1. The molecule has 122 valence electrons. The van der Waals surface area contributed by atoms with Crippen molar-refractivity contribution in [2.45, 2.75) is 45.1 Å². The van der Waals surface area contributed by atoms with Gasteiger partial charge in [0.25, 0.3) is 0 Å². The molecule has 0 aromatic carbocycles. The topological polar surface area (TPSA) is 52.8 Å². The molecule has 2 aliphatic heterocycles. The smallest absolute Gasteiger partial charge is 0.236 e. The number of carbonyl (C=O) groups is 1. The Morgan fingerprint density at radius 3 is 2.29 bits per heavy atom. The van der Waals surface area contributed by atoms with Crippen LogP contribution in [0.3, 0.4) is 0 Å². The van der Waals surface area contributed by atoms with E-state index >= 15 is 0 Å². The highest BCUT2D eigenvalue weighted by Crippen LogP contribution is 2.12. The lowest BCUT2D eigenvalue weighted by Gasteiger charge is -2.39. The molecule has 0 saturated carbocycles. The van der Waals surface area contributed by atoms with Crippen LogP contribution in [0.4, 0.5) is 0 Å². The Morgan fingerprint density at radius 2 is 1.71 bits per heavy atom. The second-order valence-corrected chi connectivity index (χ2v) is 6.43. The molecule has 2 fully saturated rings. The maximum absolute atomic E-state index is 12.3. The zero-order valence-electron chi connectivity index (χ0n) is 13.6. The zero-order chi connectivity index (χ0) is 15.1. The number of nitrogens with two attached hydrogens (primary N) is 1. The highest BCUT2D eigenvalue weighted by atomic mass is 16.2. The first-order valence-electron chi connectivity index (χ1n) is 8.68. The first-order chi connectivity index (χ1) is 10.2. The lowest BCUT2D eigenvalue weighted by molar-refractivity contribution is -0.133. The van der Waals surface area contributed by atoms with Gasteiger partial charge in [-0.3, -0.25) is 14.6 Å². The lowest BCUT2D eigenvalue weighted by Crippen LogP contribution is -2.54. The minimum atomic E-state index is 0.326. The van der Waals surface area contributed by atoms with E-state index < -0.39 is 0 Å². The molecule has 0 bridgehead atoms. The van der Waals surface area contributed by atoms with Gasteiger partial charge in [0, 0.05) is 51.9 Å². The fourth-order valence-electron chi connectivity index (χ4n) is 3.50. The van der Waals surface area contributed by atoms with E-state index in [2.05, 4.69) is 21.6 Å². The first kappa shape index (κ1) is 16.7. The number of likely N-dealkylation sites (tertiary alicyclic amines) is 1. The van der Waals surface area contributed by atoms with Gasteiger partial charge in [-0.05, 0) is 25.7 Å². The van der Waals surface area contributed by atoms with Gasteiger partial charge in [0.1, 0.15) is 0 Å². The maximum Gasteiger partial charge on any atom is 0.236 e. The average molecular weight is 296 g/mol. The number of nitrogens with zero attached hydrogens (tertiary/aromatic N) is 3. The van der Waals surface area contributed by atoms with Crippen molar-refractivity contribution in [3.05, 3.63) is 0 Å². The van der Waals surface area contributed by atoms with Crippen LogP contribution in [0.2, 0.25) is 0 Å². The van der Waals surface area contributed by atoms with Crippen LogP contribution in [-0.4, -0.2) is 79.0 Å². The molecule has 0 aromatic heterocycles. The molecule has 2 N–H and O–H groups in total. The number of rotatable bonds is 6. The van der Waals surface area contributed by atoms with Crippen molar-refractivity contribution in [1.29, 1.82) is 0 Å². The molecule has 0 aliphatic carbocycles. The van der Waals surface area contributed by atoms with Crippen LogP contribution in [0.1, 0.15) is 39.0 Å². The molecule has 1 amide bonds. The first-order valence-corrected chi connectivity index (χ1v) is 8.68. The predicted molar refractivity (Wildman–Crippen MR) is 86.2 cm³/mol. The summed E-state index contributed by atoms with van der Waals surface area (Å²) in [6.07, 6.45) is 6.00. The summed E-state index contributed by atoms with van der Waals surface area (Å²) in [7, 11) is 0. The highest BCUT2D eigenvalue weighted by molar-refractivity contribution is 5.78. The van der Waals surface area contributed by atoms with Crippen LogP contribution < -0.4 is 5.73 Å². The van der Waals surface area contributed by atoms with Gasteiger partial charge in [0.05, 0.1) is 6.54 Å². The Balaban J connectivity index is 1.72. The van der Waals surface area contributed by atoms with Crippen LogP contribution >= 0.6 is 0 Å². The Bertz CT molecular complexity index is 309. The molecule has 0 aromatic rings. The summed E-state index contributed by atoms with van der Waals surface area (Å²) < 4.78 is 0. The maximum atomic E-state index is 12.3. The van der Waals surface area contributed by atoms with Crippen LogP contribution in [0, 0.1) is 0 Å². The van der Waals surface area contributed by atoms with Gasteiger partial charge < -0.3 is 10.6 Å². The number of amides is 1. The monoisotopic (exact) mass is 296 g/mol. The lowest BCUT2D eigenvalue weighted by atomic mass is 10.1. The molecular formula is C16H32N4O. The Labute approximate surface area is 129 Å².